The van der Waals surface area contributed by atoms with Crippen molar-refractivity contribution >= 4 is 5.78 Å². The molecule has 0 amide bonds. The molecule has 1 saturated heterocycles. The number of nitrogens with zero attached hydrogens (tertiary/aromatic N) is 1. The van der Waals surface area contributed by atoms with E-state index in [-0.39, 0.29) is 11.5 Å². The number of phenols is 1. The molecule has 1 fully saturated rings. The molecule has 3 nitrogen and oxygen atoms in total. The highest BCUT2D eigenvalue weighted by Crippen LogP contribution is 2.20. The zero-order chi connectivity index (χ0) is 13.7. The van der Waals surface area contributed by atoms with Gasteiger partial charge in [-0.25, -0.2) is 0 Å². The summed E-state index contributed by atoms with van der Waals surface area (Å²) in [7, 11) is 0. The van der Waals surface area contributed by atoms with E-state index < -0.39 is 0 Å². The second-order valence-electron chi connectivity index (χ2n) is 5.31. The maximum Gasteiger partial charge on any atom is 0.164 e. The van der Waals surface area contributed by atoms with Crippen LogP contribution in [-0.4, -0.2) is 34.9 Å². The number of carbonyl (C=O) groups excluding carboxylic acids is 1. The van der Waals surface area contributed by atoms with E-state index in [1.165, 1.54) is 25.7 Å². The molecule has 0 aromatic heterocycles. The maximum atomic E-state index is 12.1. The molecule has 104 valence electrons. The summed E-state index contributed by atoms with van der Waals surface area (Å²) in [6.07, 6.45) is 5.59. The van der Waals surface area contributed by atoms with Crippen LogP contribution in [0.15, 0.2) is 24.3 Å². The van der Waals surface area contributed by atoms with Crippen molar-refractivity contribution in [1.82, 2.24) is 4.90 Å². The first-order valence-corrected chi connectivity index (χ1v) is 7.27. The molecule has 0 aliphatic carbocycles. The van der Waals surface area contributed by atoms with Crippen LogP contribution in [0.3, 0.4) is 0 Å². The first kappa shape index (κ1) is 14.1. The highest BCUT2D eigenvalue weighted by molar-refractivity contribution is 5.96. The Morgan fingerprint density at radius 3 is 2.74 bits per heavy atom. The van der Waals surface area contributed by atoms with Gasteiger partial charge in [-0.2, -0.15) is 0 Å². The summed E-state index contributed by atoms with van der Waals surface area (Å²) in [5, 5.41) is 9.22. The molecule has 1 aromatic rings. The molecule has 0 spiro atoms. The van der Waals surface area contributed by atoms with Crippen LogP contribution in [0.1, 0.15) is 49.4 Å². The van der Waals surface area contributed by atoms with E-state index in [9.17, 15) is 9.90 Å². The Morgan fingerprint density at radius 1 is 1.32 bits per heavy atom. The lowest BCUT2D eigenvalue weighted by atomic mass is 9.99. The largest absolute Gasteiger partial charge is 0.508 e. The average molecular weight is 261 g/mol. The van der Waals surface area contributed by atoms with Gasteiger partial charge in [0.25, 0.3) is 0 Å². The van der Waals surface area contributed by atoms with Crippen LogP contribution >= 0.6 is 0 Å². The second-order valence-corrected chi connectivity index (χ2v) is 5.31. The molecular formula is C16H23NO2. The Balaban J connectivity index is 1.87. The van der Waals surface area contributed by atoms with Crippen molar-refractivity contribution in [3.63, 3.8) is 0 Å². The average Bonchev–Trinajstić information content (AvgIpc) is 2.45. The Kier molecular flexibility index (Phi) is 4.97. The van der Waals surface area contributed by atoms with E-state index in [1.807, 2.05) is 0 Å². The van der Waals surface area contributed by atoms with Crippen molar-refractivity contribution < 1.29 is 9.90 Å². The number of aromatic hydroxyl groups is 1. The van der Waals surface area contributed by atoms with E-state index in [4.69, 9.17) is 0 Å². The van der Waals surface area contributed by atoms with Gasteiger partial charge in [0, 0.05) is 24.6 Å². The molecule has 3 heteroatoms. The van der Waals surface area contributed by atoms with Gasteiger partial charge in [0.2, 0.25) is 0 Å². The third-order valence-electron chi connectivity index (χ3n) is 4.04. The minimum absolute atomic E-state index is 0.167. The van der Waals surface area contributed by atoms with Gasteiger partial charge in [0.1, 0.15) is 5.75 Å². The predicted octanol–water partition coefficient (Wildman–Crippen LogP) is 3.23. The highest BCUT2D eigenvalue weighted by atomic mass is 16.3. The number of carbonyl (C=O) groups is 1. The molecule has 0 radical (unpaired) electrons. The first-order valence-electron chi connectivity index (χ1n) is 7.27. The van der Waals surface area contributed by atoms with Gasteiger partial charge < -0.3 is 5.11 Å². The van der Waals surface area contributed by atoms with Gasteiger partial charge >= 0.3 is 0 Å². The van der Waals surface area contributed by atoms with Crippen LogP contribution in [0.25, 0.3) is 0 Å². The minimum atomic E-state index is 0.167. The number of likely N-dealkylation sites (tertiary alicyclic amines) is 1. The summed E-state index contributed by atoms with van der Waals surface area (Å²) in [6.45, 7) is 4.21. The SMILES string of the molecule is CCC1CCCCN1CCC(=O)c1ccc(O)cc1. The summed E-state index contributed by atoms with van der Waals surface area (Å²) in [4.78, 5) is 14.5. The van der Waals surface area contributed by atoms with Crippen molar-refractivity contribution in [3.8, 4) is 5.75 Å². The van der Waals surface area contributed by atoms with E-state index in [1.54, 1.807) is 24.3 Å². The molecule has 0 bridgehead atoms. The topological polar surface area (TPSA) is 40.5 Å². The van der Waals surface area contributed by atoms with Gasteiger partial charge in [-0.15, -0.1) is 0 Å². The van der Waals surface area contributed by atoms with E-state index in [0.29, 0.717) is 18.0 Å². The first-order chi connectivity index (χ1) is 9.20. The normalized spacial score (nSPS) is 20.4. The summed E-state index contributed by atoms with van der Waals surface area (Å²) in [5.74, 6) is 0.374. The van der Waals surface area contributed by atoms with Crippen molar-refractivity contribution in [2.45, 2.75) is 45.1 Å². The van der Waals surface area contributed by atoms with Crippen LogP contribution in [0.2, 0.25) is 0 Å². The van der Waals surface area contributed by atoms with E-state index in [0.717, 1.165) is 13.1 Å². The number of phenolic OH excluding ortho intramolecular Hbond substituents is 1. The summed E-state index contributed by atoms with van der Waals surface area (Å²) < 4.78 is 0. The Morgan fingerprint density at radius 2 is 2.05 bits per heavy atom. The lowest BCUT2D eigenvalue weighted by molar-refractivity contribution is 0.0923. The Labute approximate surface area is 115 Å². The van der Waals surface area contributed by atoms with Crippen molar-refractivity contribution in [2.75, 3.05) is 13.1 Å². The van der Waals surface area contributed by atoms with Gasteiger partial charge in [-0.1, -0.05) is 13.3 Å². The van der Waals surface area contributed by atoms with Crippen LogP contribution < -0.4 is 0 Å². The monoisotopic (exact) mass is 261 g/mol. The minimum Gasteiger partial charge on any atom is -0.508 e. The van der Waals surface area contributed by atoms with Gasteiger partial charge in [-0.3, -0.25) is 9.69 Å². The molecule has 1 aromatic carbocycles. The molecule has 1 N–H and O–H groups in total. The number of benzene rings is 1. The smallest absolute Gasteiger partial charge is 0.164 e. The van der Waals surface area contributed by atoms with E-state index in [2.05, 4.69) is 11.8 Å². The van der Waals surface area contributed by atoms with Crippen LogP contribution in [0.4, 0.5) is 0 Å². The molecule has 1 unspecified atom stereocenters. The Bertz CT molecular complexity index is 413. The number of Topliss-reactive ketones (excluding diaryl/α,β-unsaturated/α-hetero) is 1. The van der Waals surface area contributed by atoms with Crippen molar-refractivity contribution in [1.29, 1.82) is 0 Å². The zero-order valence-corrected chi connectivity index (χ0v) is 11.6. The lowest BCUT2D eigenvalue weighted by Gasteiger charge is -2.35. The van der Waals surface area contributed by atoms with Crippen molar-refractivity contribution in [2.24, 2.45) is 0 Å². The van der Waals surface area contributed by atoms with Crippen LogP contribution in [0.5, 0.6) is 5.75 Å². The van der Waals surface area contributed by atoms with Gasteiger partial charge in [0.05, 0.1) is 0 Å². The van der Waals surface area contributed by atoms with Gasteiger partial charge in [-0.05, 0) is 50.1 Å². The molecule has 1 atom stereocenters. The molecular weight excluding hydrogens is 238 g/mol. The fourth-order valence-corrected chi connectivity index (χ4v) is 2.85. The van der Waals surface area contributed by atoms with Crippen LogP contribution in [-0.2, 0) is 0 Å². The zero-order valence-electron chi connectivity index (χ0n) is 11.6. The number of hydrogen-bond acceptors (Lipinski definition) is 3. The number of rotatable bonds is 5. The summed E-state index contributed by atoms with van der Waals surface area (Å²) >= 11 is 0. The van der Waals surface area contributed by atoms with E-state index >= 15 is 0 Å². The molecule has 1 aliphatic rings. The van der Waals surface area contributed by atoms with Crippen molar-refractivity contribution in [3.05, 3.63) is 29.8 Å². The molecule has 1 heterocycles. The highest BCUT2D eigenvalue weighted by Gasteiger charge is 2.21. The third-order valence-corrected chi connectivity index (χ3v) is 4.04. The fraction of sp³-hybridized carbons (Fsp3) is 0.562. The number of ketones is 1. The molecule has 0 saturated carbocycles. The maximum absolute atomic E-state index is 12.1. The fourth-order valence-electron chi connectivity index (χ4n) is 2.85. The third kappa shape index (κ3) is 3.80. The number of hydrogen-bond donors (Lipinski definition) is 1. The predicted molar refractivity (Wildman–Crippen MR) is 76.6 cm³/mol. The standard InChI is InChI=1S/C16H23NO2/c1-2-14-5-3-4-11-17(14)12-10-16(19)13-6-8-15(18)9-7-13/h6-9,14,18H,2-5,10-12H2,1H3. The molecule has 1 aliphatic heterocycles. The van der Waals surface area contributed by atoms with Crippen LogP contribution in [0, 0.1) is 0 Å². The quantitative estimate of drug-likeness (QED) is 0.827. The summed E-state index contributed by atoms with van der Waals surface area (Å²) in [5.41, 5.74) is 0.697. The molecule has 2 rings (SSSR count). The number of piperidine rings is 1. The second kappa shape index (κ2) is 6.71. The lowest BCUT2D eigenvalue weighted by Crippen LogP contribution is -2.40. The Hall–Kier alpha value is -1.35. The molecule has 19 heavy (non-hydrogen) atoms. The summed E-state index contributed by atoms with van der Waals surface area (Å²) in [6, 6.07) is 7.20. The van der Waals surface area contributed by atoms with Gasteiger partial charge in [0.15, 0.2) is 5.78 Å².